The first-order chi connectivity index (χ1) is 11.8. The van der Waals surface area contributed by atoms with Crippen LogP contribution in [-0.4, -0.2) is 26.8 Å². The monoisotopic (exact) mass is 382 g/mol. The van der Waals surface area contributed by atoms with Crippen LogP contribution >= 0.6 is 23.2 Å². The van der Waals surface area contributed by atoms with Crippen LogP contribution < -0.4 is 5.32 Å². The predicted molar refractivity (Wildman–Crippen MR) is 91.4 cm³/mol. The van der Waals surface area contributed by atoms with Crippen molar-refractivity contribution in [3.05, 3.63) is 51.3 Å². The van der Waals surface area contributed by atoms with Crippen LogP contribution in [0.25, 0.3) is 0 Å². The maximum absolute atomic E-state index is 13.6. The molecule has 0 atom stereocenters. The molecule has 0 saturated carbocycles. The molecule has 6 nitrogen and oxygen atoms in total. The molecule has 3 rings (SSSR count). The molecule has 25 heavy (non-hydrogen) atoms. The van der Waals surface area contributed by atoms with E-state index in [-0.39, 0.29) is 23.2 Å². The Labute approximate surface area is 153 Å². The SMILES string of the molecule is CC(C)c1nccc2c1NC(=O)N(C(=O)c1cc(F)c(Cl)nc1Cl)C2. The number of halogens is 3. The van der Waals surface area contributed by atoms with Gasteiger partial charge in [-0.3, -0.25) is 14.7 Å². The minimum Gasteiger partial charge on any atom is -0.305 e. The summed E-state index contributed by atoms with van der Waals surface area (Å²) < 4.78 is 13.6. The van der Waals surface area contributed by atoms with Crippen molar-refractivity contribution in [3.63, 3.8) is 0 Å². The summed E-state index contributed by atoms with van der Waals surface area (Å²) in [7, 11) is 0. The Morgan fingerprint density at radius 1 is 1.36 bits per heavy atom. The molecular weight excluding hydrogens is 370 g/mol. The van der Waals surface area contributed by atoms with Gasteiger partial charge in [0, 0.05) is 6.20 Å². The lowest BCUT2D eigenvalue weighted by Crippen LogP contribution is -2.43. The number of hydrogen-bond acceptors (Lipinski definition) is 4. The molecule has 9 heteroatoms. The number of nitrogens with zero attached hydrogens (tertiary/aromatic N) is 3. The number of fused-ring (bicyclic) bond motifs is 1. The molecule has 1 aliphatic heterocycles. The summed E-state index contributed by atoms with van der Waals surface area (Å²) in [5, 5.41) is 1.96. The number of carbonyl (C=O) groups is 2. The number of carbonyl (C=O) groups excluding carboxylic acids is 2. The van der Waals surface area contributed by atoms with Crippen LogP contribution in [0.15, 0.2) is 18.3 Å². The predicted octanol–water partition coefficient (Wildman–Crippen LogP) is 4.23. The fraction of sp³-hybridized carbons (Fsp3) is 0.250. The van der Waals surface area contributed by atoms with Gasteiger partial charge in [-0.05, 0) is 23.6 Å². The number of hydrogen-bond donors (Lipinski definition) is 1. The first-order valence-electron chi connectivity index (χ1n) is 7.41. The van der Waals surface area contributed by atoms with Crippen LogP contribution in [0.3, 0.4) is 0 Å². The van der Waals surface area contributed by atoms with E-state index >= 15 is 0 Å². The number of imide groups is 1. The third-order valence-electron chi connectivity index (χ3n) is 3.78. The van der Waals surface area contributed by atoms with Gasteiger partial charge in [0.15, 0.2) is 11.0 Å². The van der Waals surface area contributed by atoms with Crippen molar-refractivity contribution in [2.75, 3.05) is 5.32 Å². The summed E-state index contributed by atoms with van der Waals surface area (Å²) in [6.07, 6.45) is 1.62. The van der Waals surface area contributed by atoms with Gasteiger partial charge in [-0.15, -0.1) is 0 Å². The van der Waals surface area contributed by atoms with Crippen LogP contribution in [0, 0.1) is 5.82 Å². The molecule has 0 fully saturated rings. The normalized spacial score (nSPS) is 13.7. The Balaban J connectivity index is 1.98. The van der Waals surface area contributed by atoms with Crippen molar-refractivity contribution in [1.29, 1.82) is 0 Å². The van der Waals surface area contributed by atoms with Gasteiger partial charge in [0.25, 0.3) is 5.91 Å². The van der Waals surface area contributed by atoms with Crippen molar-refractivity contribution in [1.82, 2.24) is 14.9 Å². The molecule has 0 radical (unpaired) electrons. The lowest BCUT2D eigenvalue weighted by atomic mass is 10.0. The van der Waals surface area contributed by atoms with Gasteiger partial charge in [-0.1, -0.05) is 37.0 Å². The van der Waals surface area contributed by atoms with Crippen LogP contribution in [0.5, 0.6) is 0 Å². The molecule has 0 unspecified atom stereocenters. The number of nitrogens with one attached hydrogen (secondary N) is 1. The van der Waals surface area contributed by atoms with Crippen LogP contribution in [0.2, 0.25) is 10.3 Å². The van der Waals surface area contributed by atoms with Crippen LogP contribution in [0.1, 0.15) is 41.4 Å². The zero-order chi connectivity index (χ0) is 18.3. The Morgan fingerprint density at radius 2 is 2.08 bits per heavy atom. The summed E-state index contributed by atoms with van der Waals surface area (Å²) in [6.45, 7) is 3.92. The second-order valence-electron chi connectivity index (χ2n) is 5.81. The van der Waals surface area contributed by atoms with Gasteiger partial charge in [0.2, 0.25) is 0 Å². The Bertz CT molecular complexity index is 889. The average molecular weight is 383 g/mol. The number of anilines is 1. The van der Waals surface area contributed by atoms with Gasteiger partial charge in [0.05, 0.1) is 23.5 Å². The maximum atomic E-state index is 13.6. The lowest BCUT2D eigenvalue weighted by molar-refractivity contribution is 0.0798. The summed E-state index contributed by atoms with van der Waals surface area (Å²) in [6, 6.07) is 1.94. The molecule has 2 aromatic heterocycles. The van der Waals surface area contributed by atoms with E-state index < -0.39 is 22.9 Å². The van der Waals surface area contributed by atoms with Crippen molar-refractivity contribution >= 4 is 40.8 Å². The standard InChI is InChI=1S/C16H13Cl2FN4O2/c1-7(2)11-12-8(3-4-20-11)6-23(16(25)21-12)15(24)9-5-10(19)14(18)22-13(9)17/h3-5,7H,6H2,1-2H3,(H,21,25). The number of urea groups is 1. The first kappa shape index (κ1) is 17.6. The van der Waals surface area contributed by atoms with E-state index in [9.17, 15) is 14.0 Å². The molecule has 0 saturated heterocycles. The molecule has 1 N–H and O–H groups in total. The molecule has 0 bridgehead atoms. The minimum absolute atomic E-state index is 0.0167. The van der Waals surface area contributed by atoms with E-state index in [1.807, 2.05) is 13.8 Å². The highest BCUT2D eigenvalue weighted by Crippen LogP contribution is 2.31. The molecule has 0 aromatic carbocycles. The van der Waals surface area contributed by atoms with Crippen molar-refractivity contribution in [2.24, 2.45) is 0 Å². The van der Waals surface area contributed by atoms with E-state index in [1.54, 1.807) is 12.3 Å². The van der Waals surface area contributed by atoms with E-state index in [1.165, 1.54) is 0 Å². The van der Waals surface area contributed by atoms with Crippen LogP contribution in [-0.2, 0) is 6.54 Å². The highest BCUT2D eigenvalue weighted by Gasteiger charge is 2.32. The van der Waals surface area contributed by atoms with Crippen molar-refractivity contribution in [3.8, 4) is 0 Å². The largest absolute Gasteiger partial charge is 0.329 e. The number of amides is 3. The smallest absolute Gasteiger partial charge is 0.305 e. The molecule has 1 aliphatic rings. The zero-order valence-corrected chi connectivity index (χ0v) is 14.8. The highest BCUT2D eigenvalue weighted by atomic mass is 35.5. The van der Waals surface area contributed by atoms with Gasteiger partial charge in [-0.25, -0.2) is 14.2 Å². The third kappa shape index (κ3) is 3.17. The number of pyridine rings is 2. The van der Waals surface area contributed by atoms with E-state index in [4.69, 9.17) is 23.2 Å². The second kappa shape index (κ2) is 6.57. The van der Waals surface area contributed by atoms with Gasteiger partial charge >= 0.3 is 6.03 Å². The summed E-state index contributed by atoms with van der Waals surface area (Å²) in [4.78, 5) is 33.8. The van der Waals surface area contributed by atoms with Gasteiger partial charge in [-0.2, -0.15) is 0 Å². The van der Waals surface area contributed by atoms with Crippen molar-refractivity contribution < 1.29 is 14.0 Å². The molecule has 0 aliphatic carbocycles. The number of aromatic nitrogens is 2. The molecule has 0 spiro atoms. The summed E-state index contributed by atoms with van der Waals surface area (Å²) in [5.74, 6) is -1.56. The minimum atomic E-state index is -0.890. The van der Waals surface area contributed by atoms with Crippen LogP contribution in [0.4, 0.5) is 14.9 Å². The maximum Gasteiger partial charge on any atom is 0.329 e. The fourth-order valence-electron chi connectivity index (χ4n) is 2.56. The van der Waals surface area contributed by atoms with E-state index in [2.05, 4.69) is 15.3 Å². The Kier molecular flexibility index (Phi) is 4.62. The van der Waals surface area contributed by atoms with E-state index in [0.29, 0.717) is 5.69 Å². The molecule has 3 heterocycles. The molecule has 3 amide bonds. The van der Waals surface area contributed by atoms with Gasteiger partial charge < -0.3 is 5.32 Å². The lowest BCUT2D eigenvalue weighted by Gasteiger charge is -2.29. The Hall–Kier alpha value is -2.25. The fourth-order valence-corrected chi connectivity index (χ4v) is 2.96. The van der Waals surface area contributed by atoms with Gasteiger partial charge in [0.1, 0.15) is 5.15 Å². The molecule has 130 valence electrons. The summed E-state index contributed by atoms with van der Waals surface area (Å²) in [5.41, 5.74) is 1.82. The highest BCUT2D eigenvalue weighted by molar-refractivity contribution is 6.35. The second-order valence-corrected chi connectivity index (χ2v) is 6.52. The summed E-state index contributed by atoms with van der Waals surface area (Å²) >= 11 is 11.4. The average Bonchev–Trinajstić information content (AvgIpc) is 2.56. The first-order valence-corrected chi connectivity index (χ1v) is 8.17. The third-order valence-corrected chi connectivity index (χ3v) is 4.33. The topological polar surface area (TPSA) is 75.2 Å². The molecule has 2 aromatic rings. The molecular formula is C16H13Cl2FN4O2. The van der Waals surface area contributed by atoms with E-state index in [0.717, 1.165) is 22.2 Å². The Morgan fingerprint density at radius 3 is 2.76 bits per heavy atom. The quantitative estimate of drug-likeness (QED) is 0.788. The van der Waals surface area contributed by atoms with Crippen molar-refractivity contribution in [2.45, 2.75) is 26.3 Å². The number of rotatable bonds is 2. The zero-order valence-electron chi connectivity index (χ0n) is 13.3.